The van der Waals surface area contributed by atoms with E-state index in [0.717, 1.165) is 62.7 Å². The summed E-state index contributed by atoms with van der Waals surface area (Å²) in [7, 11) is 0. The van der Waals surface area contributed by atoms with E-state index in [1.807, 2.05) is 0 Å². The van der Waals surface area contributed by atoms with Crippen LogP contribution in [0.25, 0.3) is 11.1 Å². The van der Waals surface area contributed by atoms with E-state index in [4.69, 9.17) is 4.74 Å². The number of halogens is 3. The predicted molar refractivity (Wildman–Crippen MR) is 127 cm³/mol. The van der Waals surface area contributed by atoms with Gasteiger partial charge in [-0.25, -0.2) is 14.8 Å². The van der Waals surface area contributed by atoms with E-state index >= 15 is 0 Å². The molecule has 2 amide bonds. The number of carbonyl (C=O) groups excluding carboxylic acids is 1. The molecule has 8 nitrogen and oxygen atoms in total. The highest BCUT2D eigenvalue weighted by atomic mass is 19.4. The number of amides is 2. The number of hydrogen-bond donors (Lipinski definition) is 3. The Hall–Kier alpha value is -3.70. The molecule has 0 atom stereocenters. The van der Waals surface area contributed by atoms with Crippen molar-refractivity contribution in [1.82, 2.24) is 14.9 Å². The van der Waals surface area contributed by atoms with Crippen molar-refractivity contribution in [2.75, 3.05) is 55.3 Å². The van der Waals surface area contributed by atoms with Gasteiger partial charge in [0, 0.05) is 55.5 Å². The van der Waals surface area contributed by atoms with Crippen LogP contribution in [-0.4, -0.2) is 60.3 Å². The molecule has 2 aromatic carbocycles. The topological polar surface area (TPSA) is 91.4 Å². The predicted octanol–water partition coefficient (Wildman–Crippen LogP) is 4.55. The molecular formula is C24H25F3N6O2. The quantitative estimate of drug-likeness (QED) is 0.454. The SMILES string of the molecule is O=C(Nc1ccc(-c2cnc(NCCN3CCOCC3)nc2)cc1)Nc1cccc(C(F)(F)F)c1. The van der Waals surface area contributed by atoms with Crippen molar-refractivity contribution in [2.45, 2.75) is 6.18 Å². The first-order chi connectivity index (χ1) is 16.9. The lowest BCUT2D eigenvalue weighted by Crippen LogP contribution is -2.39. The molecule has 35 heavy (non-hydrogen) atoms. The second-order valence-electron chi connectivity index (χ2n) is 7.91. The average Bonchev–Trinajstić information content (AvgIpc) is 2.85. The first-order valence-corrected chi connectivity index (χ1v) is 11.1. The molecule has 0 spiro atoms. The number of carbonyl (C=O) groups is 1. The van der Waals surface area contributed by atoms with Crippen LogP contribution in [0.2, 0.25) is 0 Å². The van der Waals surface area contributed by atoms with E-state index in [9.17, 15) is 18.0 Å². The Bertz CT molecular complexity index is 1120. The van der Waals surface area contributed by atoms with Gasteiger partial charge in [-0.3, -0.25) is 4.90 Å². The van der Waals surface area contributed by atoms with Gasteiger partial charge in [0.1, 0.15) is 0 Å². The fraction of sp³-hybridized carbons (Fsp3) is 0.292. The number of nitrogens with zero attached hydrogens (tertiary/aromatic N) is 3. The van der Waals surface area contributed by atoms with Crippen LogP contribution in [0.5, 0.6) is 0 Å². The maximum Gasteiger partial charge on any atom is 0.416 e. The highest BCUT2D eigenvalue weighted by Gasteiger charge is 2.30. The third-order valence-electron chi connectivity index (χ3n) is 5.39. The van der Waals surface area contributed by atoms with Gasteiger partial charge in [0.15, 0.2) is 0 Å². The normalized spacial score (nSPS) is 14.4. The summed E-state index contributed by atoms with van der Waals surface area (Å²) in [5.74, 6) is 0.548. The second kappa shape index (κ2) is 11.2. The molecule has 2 heterocycles. The molecule has 1 fully saturated rings. The molecular weight excluding hydrogens is 461 g/mol. The lowest BCUT2D eigenvalue weighted by molar-refractivity contribution is -0.137. The van der Waals surface area contributed by atoms with Crippen molar-refractivity contribution in [3.05, 3.63) is 66.5 Å². The molecule has 0 radical (unpaired) electrons. The largest absolute Gasteiger partial charge is 0.416 e. The van der Waals surface area contributed by atoms with Crippen molar-refractivity contribution in [3.8, 4) is 11.1 Å². The summed E-state index contributed by atoms with van der Waals surface area (Å²) >= 11 is 0. The average molecular weight is 486 g/mol. The Morgan fingerprint density at radius 1 is 0.943 bits per heavy atom. The van der Waals surface area contributed by atoms with Gasteiger partial charge in [0.05, 0.1) is 18.8 Å². The molecule has 3 aromatic rings. The molecule has 1 aliphatic heterocycles. The molecule has 11 heteroatoms. The van der Waals surface area contributed by atoms with Gasteiger partial charge >= 0.3 is 12.2 Å². The van der Waals surface area contributed by atoms with Gasteiger partial charge in [-0.2, -0.15) is 13.2 Å². The van der Waals surface area contributed by atoms with Crippen molar-refractivity contribution < 1.29 is 22.7 Å². The zero-order valence-electron chi connectivity index (χ0n) is 18.8. The molecule has 3 N–H and O–H groups in total. The zero-order chi connectivity index (χ0) is 24.7. The van der Waals surface area contributed by atoms with Gasteiger partial charge in [0.25, 0.3) is 0 Å². The van der Waals surface area contributed by atoms with Gasteiger partial charge in [-0.05, 0) is 35.9 Å². The van der Waals surface area contributed by atoms with Crippen LogP contribution in [0.15, 0.2) is 60.9 Å². The van der Waals surface area contributed by atoms with E-state index in [0.29, 0.717) is 11.6 Å². The van der Waals surface area contributed by atoms with Crippen LogP contribution in [-0.2, 0) is 10.9 Å². The Morgan fingerprint density at radius 2 is 1.63 bits per heavy atom. The molecule has 184 valence electrons. The second-order valence-corrected chi connectivity index (χ2v) is 7.91. The highest BCUT2D eigenvalue weighted by Crippen LogP contribution is 2.30. The van der Waals surface area contributed by atoms with Crippen molar-refractivity contribution in [2.24, 2.45) is 0 Å². The Morgan fingerprint density at radius 3 is 2.31 bits per heavy atom. The summed E-state index contributed by atoms with van der Waals surface area (Å²) in [6, 6.07) is 10.8. The number of anilines is 3. The molecule has 1 saturated heterocycles. The lowest BCUT2D eigenvalue weighted by atomic mass is 10.1. The summed E-state index contributed by atoms with van der Waals surface area (Å²) in [5, 5.41) is 8.22. The summed E-state index contributed by atoms with van der Waals surface area (Å²) in [6.07, 6.45) is -1.05. The monoisotopic (exact) mass is 486 g/mol. The number of morpholine rings is 1. The maximum absolute atomic E-state index is 12.8. The molecule has 0 bridgehead atoms. The first kappa shape index (κ1) is 24.4. The number of urea groups is 1. The summed E-state index contributed by atoms with van der Waals surface area (Å²) in [6.45, 7) is 5.02. The summed E-state index contributed by atoms with van der Waals surface area (Å²) < 4.78 is 43.8. The lowest BCUT2D eigenvalue weighted by Gasteiger charge is -2.26. The Labute approximate surface area is 200 Å². The molecule has 0 saturated carbocycles. The van der Waals surface area contributed by atoms with E-state index in [1.165, 1.54) is 12.1 Å². The van der Waals surface area contributed by atoms with Gasteiger partial charge in [0.2, 0.25) is 5.95 Å². The standard InChI is InChI=1S/C24H25F3N6O2/c25-24(26,27)19-2-1-3-21(14-19)32-23(34)31-20-6-4-17(5-7-20)18-15-29-22(30-16-18)28-8-9-33-10-12-35-13-11-33/h1-7,14-16H,8-13H2,(H,28,29,30)(H2,31,32,34). The summed E-state index contributed by atoms with van der Waals surface area (Å²) in [4.78, 5) is 23.2. The Balaban J connectivity index is 1.28. The van der Waals surface area contributed by atoms with Crippen LogP contribution in [0.1, 0.15) is 5.56 Å². The van der Waals surface area contributed by atoms with Crippen molar-refractivity contribution >= 4 is 23.4 Å². The molecule has 1 aromatic heterocycles. The number of alkyl halides is 3. The van der Waals surface area contributed by atoms with E-state index < -0.39 is 17.8 Å². The minimum Gasteiger partial charge on any atom is -0.379 e. The number of ether oxygens (including phenoxy) is 1. The van der Waals surface area contributed by atoms with Crippen LogP contribution in [0.3, 0.4) is 0 Å². The van der Waals surface area contributed by atoms with Crippen LogP contribution < -0.4 is 16.0 Å². The van der Waals surface area contributed by atoms with Gasteiger partial charge in [-0.15, -0.1) is 0 Å². The minimum absolute atomic E-state index is 0.0461. The van der Waals surface area contributed by atoms with Gasteiger partial charge < -0.3 is 20.7 Å². The van der Waals surface area contributed by atoms with Crippen LogP contribution in [0.4, 0.5) is 35.3 Å². The highest BCUT2D eigenvalue weighted by molar-refractivity contribution is 5.99. The Kier molecular flexibility index (Phi) is 7.78. The molecule has 0 unspecified atom stereocenters. The van der Waals surface area contributed by atoms with Crippen LogP contribution >= 0.6 is 0 Å². The fourth-order valence-corrected chi connectivity index (χ4v) is 3.53. The number of nitrogens with one attached hydrogen (secondary N) is 3. The molecule has 4 rings (SSSR count). The number of aromatic nitrogens is 2. The van der Waals surface area contributed by atoms with Crippen molar-refractivity contribution in [3.63, 3.8) is 0 Å². The van der Waals surface area contributed by atoms with Gasteiger partial charge in [-0.1, -0.05) is 18.2 Å². The molecule has 0 aliphatic carbocycles. The first-order valence-electron chi connectivity index (χ1n) is 11.1. The van der Waals surface area contributed by atoms with Crippen LogP contribution in [0, 0.1) is 0 Å². The zero-order valence-corrected chi connectivity index (χ0v) is 18.8. The smallest absolute Gasteiger partial charge is 0.379 e. The third kappa shape index (κ3) is 7.14. The number of benzene rings is 2. The number of rotatable bonds is 7. The van der Waals surface area contributed by atoms with E-state index in [-0.39, 0.29) is 5.69 Å². The third-order valence-corrected chi connectivity index (χ3v) is 5.39. The maximum atomic E-state index is 12.8. The van der Waals surface area contributed by atoms with Crippen molar-refractivity contribution in [1.29, 1.82) is 0 Å². The number of hydrogen-bond acceptors (Lipinski definition) is 6. The molecule has 1 aliphatic rings. The fourth-order valence-electron chi connectivity index (χ4n) is 3.53. The minimum atomic E-state index is -4.48. The summed E-state index contributed by atoms with van der Waals surface area (Å²) in [5.41, 5.74) is 1.36. The van der Waals surface area contributed by atoms with E-state index in [1.54, 1.807) is 36.7 Å². The van der Waals surface area contributed by atoms with E-state index in [2.05, 4.69) is 30.8 Å².